The van der Waals surface area contributed by atoms with Crippen molar-refractivity contribution in [2.45, 2.75) is 33.1 Å². The van der Waals surface area contributed by atoms with E-state index in [1.807, 2.05) is 0 Å². The van der Waals surface area contributed by atoms with Crippen molar-refractivity contribution < 1.29 is 5.11 Å². The minimum absolute atomic E-state index is 0.148. The molecule has 0 aromatic heterocycles. The maximum Gasteiger partial charge on any atom is 0.0541 e. The Morgan fingerprint density at radius 2 is 1.90 bits per heavy atom. The minimum atomic E-state index is 0.148. The van der Waals surface area contributed by atoms with Gasteiger partial charge < -0.3 is 5.11 Å². The third kappa shape index (κ3) is 2.06. The van der Waals surface area contributed by atoms with Gasteiger partial charge in [-0.25, -0.2) is 0 Å². The fourth-order valence-electron chi connectivity index (χ4n) is 3.44. The molecule has 1 aliphatic rings. The maximum atomic E-state index is 9.91. The summed E-state index contributed by atoms with van der Waals surface area (Å²) in [5.41, 5.74) is 7.92. The van der Waals surface area contributed by atoms with Crippen LogP contribution in [0.5, 0.6) is 0 Å². The summed E-state index contributed by atoms with van der Waals surface area (Å²) in [6, 6.07) is 13.2. The van der Waals surface area contributed by atoms with Crippen LogP contribution in [0.15, 0.2) is 36.4 Å². The Balaban J connectivity index is 2.20. The van der Waals surface area contributed by atoms with Crippen LogP contribution in [0.2, 0.25) is 0 Å². The summed E-state index contributed by atoms with van der Waals surface area (Å²) in [5, 5.41) is 9.91. The minimum Gasteiger partial charge on any atom is -0.395 e. The quantitative estimate of drug-likeness (QED) is 0.878. The molecule has 1 atom stereocenters. The summed E-state index contributed by atoms with van der Waals surface area (Å²) in [6.07, 6.45) is 1.08. The zero-order valence-corrected chi connectivity index (χ0v) is 12.5. The third-order valence-corrected chi connectivity index (χ3v) is 4.23. The highest BCUT2D eigenvalue weighted by Crippen LogP contribution is 2.46. The molecule has 0 fully saturated rings. The predicted octanol–water partition coefficient (Wildman–Crippen LogP) is 4.30. The van der Waals surface area contributed by atoms with Crippen LogP contribution in [0.25, 0.3) is 11.1 Å². The normalized spacial score (nSPS) is 16.4. The van der Waals surface area contributed by atoms with Gasteiger partial charge in [0.05, 0.1) is 6.61 Å². The lowest BCUT2D eigenvalue weighted by atomic mass is 9.89. The number of fused-ring (bicyclic) bond motifs is 3. The molecular weight excluding hydrogens is 244 g/mol. The van der Waals surface area contributed by atoms with Gasteiger partial charge in [-0.2, -0.15) is 0 Å². The van der Waals surface area contributed by atoms with Gasteiger partial charge in [0, 0.05) is 5.92 Å². The van der Waals surface area contributed by atoms with Gasteiger partial charge in [0.15, 0.2) is 0 Å². The van der Waals surface area contributed by atoms with Crippen LogP contribution < -0.4 is 0 Å². The van der Waals surface area contributed by atoms with Crippen LogP contribution in [0, 0.1) is 12.8 Å². The Kier molecular flexibility index (Phi) is 3.39. The second kappa shape index (κ2) is 5.06. The molecule has 2 aromatic carbocycles. The van der Waals surface area contributed by atoms with Gasteiger partial charge in [0.25, 0.3) is 0 Å². The van der Waals surface area contributed by atoms with Crippen molar-refractivity contribution in [1.82, 2.24) is 0 Å². The predicted molar refractivity (Wildman–Crippen MR) is 84.1 cm³/mol. The lowest BCUT2D eigenvalue weighted by molar-refractivity contribution is 0.281. The van der Waals surface area contributed by atoms with E-state index in [1.165, 1.54) is 33.4 Å². The van der Waals surface area contributed by atoms with E-state index < -0.39 is 0 Å². The third-order valence-electron chi connectivity index (χ3n) is 4.23. The topological polar surface area (TPSA) is 20.2 Å². The number of benzene rings is 2. The first kappa shape index (κ1) is 13.4. The Labute approximate surface area is 121 Å². The Morgan fingerprint density at radius 1 is 1.10 bits per heavy atom. The monoisotopic (exact) mass is 266 g/mol. The lowest BCUT2D eigenvalue weighted by Gasteiger charge is -2.16. The highest BCUT2D eigenvalue weighted by atomic mass is 16.3. The molecule has 104 valence electrons. The highest BCUT2D eigenvalue weighted by Gasteiger charge is 2.30. The first-order valence-electron chi connectivity index (χ1n) is 7.45. The highest BCUT2D eigenvalue weighted by molar-refractivity contribution is 5.80. The molecule has 0 spiro atoms. The summed E-state index contributed by atoms with van der Waals surface area (Å²) in [5.74, 6) is 0.779. The fourth-order valence-corrected chi connectivity index (χ4v) is 3.44. The van der Waals surface area contributed by atoms with Gasteiger partial charge >= 0.3 is 0 Å². The van der Waals surface area contributed by atoms with Crippen molar-refractivity contribution in [3.8, 4) is 11.1 Å². The molecule has 1 unspecified atom stereocenters. The first-order chi connectivity index (χ1) is 9.61. The van der Waals surface area contributed by atoms with Gasteiger partial charge in [-0.1, -0.05) is 55.8 Å². The molecule has 1 heteroatoms. The van der Waals surface area contributed by atoms with E-state index in [2.05, 4.69) is 57.2 Å². The zero-order chi connectivity index (χ0) is 14.3. The van der Waals surface area contributed by atoms with E-state index in [-0.39, 0.29) is 12.5 Å². The van der Waals surface area contributed by atoms with E-state index in [0.717, 1.165) is 6.42 Å². The SMILES string of the molecule is Cc1ccc2c(c1)C(CO)c1c(CC(C)C)cccc1-2. The zero-order valence-electron chi connectivity index (χ0n) is 12.5. The van der Waals surface area contributed by atoms with Gasteiger partial charge in [0.2, 0.25) is 0 Å². The van der Waals surface area contributed by atoms with Crippen LogP contribution in [0.4, 0.5) is 0 Å². The molecule has 2 aromatic rings. The van der Waals surface area contributed by atoms with Gasteiger partial charge in [-0.15, -0.1) is 0 Å². The van der Waals surface area contributed by atoms with Crippen LogP contribution in [0.1, 0.15) is 42.0 Å². The molecule has 0 bridgehead atoms. The molecule has 0 saturated heterocycles. The summed E-state index contributed by atoms with van der Waals surface area (Å²) in [6.45, 7) is 6.81. The molecule has 3 rings (SSSR count). The Bertz CT molecular complexity index is 640. The molecule has 20 heavy (non-hydrogen) atoms. The molecular formula is C19H22O. The molecule has 0 saturated carbocycles. The maximum absolute atomic E-state index is 9.91. The summed E-state index contributed by atoms with van der Waals surface area (Å²) in [7, 11) is 0. The summed E-state index contributed by atoms with van der Waals surface area (Å²) in [4.78, 5) is 0. The number of aliphatic hydroxyl groups excluding tert-OH is 1. The lowest BCUT2D eigenvalue weighted by Crippen LogP contribution is -2.07. The van der Waals surface area contributed by atoms with Crippen LogP contribution >= 0.6 is 0 Å². The average Bonchev–Trinajstić information content (AvgIpc) is 2.72. The van der Waals surface area contributed by atoms with Crippen LogP contribution in [0.3, 0.4) is 0 Å². The second-order valence-corrected chi connectivity index (χ2v) is 6.30. The molecule has 0 radical (unpaired) electrons. The Hall–Kier alpha value is -1.60. The van der Waals surface area contributed by atoms with Crippen LogP contribution in [-0.4, -0.2) is 11.7 Å². The largest absolute Gasteiger partial charge is 0.395 e. The van der Waals surface area contributed by atoms with Crippen molar-refractivity contribution in [2.75, 3.05) is 6.61 Å². The van der Waals surface area contributed by atoms with Gasteiger partial charge in [-0.3, -0.25) is 0 Å². The first-order valence-corrected chi connectivity index (χ1v) is 7.45. The molecule has 0 amide bonds. The summed E-state index contributed by atoms with van der Waals surface area (Å²) >= 11 is 0. The smallest absolute Gasteiger partial charge is 0.0541 e. The molecule has 0 aliphatic heterocycles. The molecule has 1 N–H and O–H groups in total. The Morgan fingerprint density at radius 3 is 2.60 bits per heavy atom. The summed E-state index contributed by atoms with van der Waals surface area (Å²) < 4.78 is 0. The van der Waals surface area contributed by atoms with E-state index in [4.69, 9.17) is 0 Å². The van der Waals surface area contributed by atoms with Gasteiger partial charge in [-0.05, 0) is 47.1 Å². The van der Waals surface area contributed by atoms with E-state index in [1.54, 1.807) is 0 Å². The fraction of sp³-hybridized carbons (Fsp3) is 0.368. The number of aliphatic hydroxyl groups is 1. The van der Waals surface area contributed by atoms with Crippen molar-refractivity contribution in [3.63, 3.8) is 0 Å². The second-order valence-electron chi connectivity index (χ2n) is 6.30. The standard InChI is InChI=1S/C19H22O/c1-12(2)9-14-5-4-6-16-15-8-7-13(3)10-17(15)18(11-20)19(14)16/h4-8,10,12,18,20H,9,11H2,1-3H3. The van der Waals surface area contributed by atoms with Crippen molar-refractivity contribution in [1.29, 1.82) is 0 Å². The molecule has 1 nitrogen and oxygen atoms in total. The van der Waals surface area contributed by atoms with Crippen molar-refractivity contribution in [3.05, 3.63) is 58.7 Å². The number of hydrogen-bond acceptors (Lipinski definition) is 1. The van der Waals surface area contributed by atoms with Crippen LogP contribution in [-0.2, 0) is 6.42 Å². The van der Waals surface area contributed by atoms with E-state index >= 15 is 0 Å². The number of hydrogen-bond donors (Lipinski definition) is 1. The van der Waals surface area contributed by atoms with E-state index in [9.17, 15) is 5.11 Å². The molecule has 0 heterocycles. The van der Waals surface area contributed by atoms with Crippen molar-refractivity contribution >= 4 is 0 Å². The van der Waals surface area contributed by atoms with Gasteiger partial charge in [0.1, 0.15) is 0 Å². The number of rotatable bonds is 3. The van der Waals surface area contributed by atoms with Crippen molar-refractivity contribution in [2.24, 2.45) is 5.92 Å². The van der Waals surface area contributed by atoms with E-state index in [0.29, 0.717) is 5.92 Å². The number of aryl methyl sites for hydroxylation is 1. The average molecular weight is 266 g/mol. The molecule has 1 aliphatic carbocycles.